The Morgan fingerprint density at radius 2 is 2.00 bits per heavy atom. The number of amides is 2. The molecule has 0 aromatic heterocycles. The summed E-state index contributed by atoms with van der Waals surface area (Å²) < 4.78 is 0. The van der Waals surface area contributed by atoms with E-state index in [1.165, 1.54) is 0 Å². The highest BCUT2D eigenvalue weighted by atomic mass is 16.1. The van der Waals surface area contributed by atoms with Gasteiger partial charge in [-0.2, -0.15) is 0 Å². The second kappa shape index (κ2) is 6.79. The van der Waals surface area contributed by atoms with Crippen molar-refractivity contribution in [2.75, 3.05) is 0 Å². The van der Waals surface area contributed by atoms with E-state index in [1.807, 2.05) is 31.2 Å². The molecule has 0 aliphatic carbocycles. The van der Waals surface area contributed by atoms with E-state index < -0.39 is 0 Å². The molecule has 1 aromatic rings. The maximum Gasteiger partial charge on any atom is 0.220 e. The lowest BCUT2D eigenvalue weighted by molar-refractivity contribution is -0.122. The highest BCUT2D eigenvalue weighted by Crippen LogP contribution is 2.16. The van der Waals surface area contributed by atoms with Gasteiger partial charge in [0, 0.05) is 12.3 Å². The van der Waals surface area contributed by atoms with Crippen molar-refractivity contribution in [2.24, 2.45) is 17.4 Å². The summed E-state index contributed by atoms with van der Waals surface area (Å²) in [5, 5.41) is 0. The number of aryl methyl sites for hydroxylation is 1. The first-order chi connectivity index (χ1) is 8.49. The summed E-state index contributed by atoms with van der Waals surface area (Å²) in [5.74, 6) is -0.888. The van der Waals surface area contributed by atoms with Crippen LogP contribution in [-0.2, 0) is 16.0 Å². The molecule has 1 atom stereocenters. The monoisotopic (exact) mass is 248 g/mol. The minimum Gasteiger partial charge on any atom is -0.370 e. The van der Waals surface area contributed by atoms with Crippen LogP contribution in [0.3, 0.4) is 0 Å². The summed E-state index contributed by atoms with van der Waals surface area (Å²) >= 11 is 0. The van der Waals surface area contributed by atoms with Crippen LogP contribution in [0.2, 0.25) is 0 Å². The highest BCUT2D eigenvalue weighted by Gasteiger charge is 2.16. The van der Waals surface area contributed by atoms with Crippen LogP contribution in [0, 0.1) is 12.8 Å². The Labute approximate surface area is 107 Å². The molecule has 1 aromatic carbocycles. The van der Waals surface area contributed by atoms with Gasteiger partial charge >= 0.3 is 0 Å². The smallest absolute Gasteiger partial charge is 0.220 e. The molecule has 1 rings (SSSR count). The summed E-state index contributed by atoms with van der Waals surface area (Å²) in [6.45, 7) is 2.01. The average Bonchev–Trinajstić information content (AvgIpc) is 2.27. The Bertz CT molecular complexity index is 430. The van der Waals surface area contributed by atoms with Crippen LogP contribution >= 0.6 is 0 Å². The molecule has 0 radical (unpaired) electrons. The van der Waals surface area contributed by atoms with E-state index in [9.17, 15) is 9.59 Å². The molecular weight excluding hydrogens is 228 g/mol. The van der Waals surface area contributed by atoms with Gasteiger partial charge in [-0.1, -0.05) is 29.8 Å². The first-order valence-corrected chi connectivity index (χ1v) is 6.12. The molecule has 0 saturated carbocycles. The summed E-state index contributed by atoms with van der Waals surface area (Å²) in [7, 11) is 0. The van der Waals surface area contributed by atoms with Crippen LogP contribution in [0.5, 0.6) is 0 Å². The predicted molar refractivity (Wildman–Crippen MR) is 70.6 cm³/mol. The zero-order chi connectivity index (χ0) is 13.5. The molecule has 0 spiro atoms. The number of benzene rings is 1. The van der Waals surface area contributed by atoms with Gasteiger partial charge in [-0.3, -0.25) is 9.59 Å². The van der Waals surface area contributed by atoms with Gasteiger partial charge in [-0.25, -0.2) is 0 Å². The third-order valence-electron chi connectivity index (χ3n) is 2.94. The van der Waals surface area contributed by atoms with E-state index >= 15 is 0 Å². The van der Waals surface area contributed by atoms with Gasteiger partial charge in [-0.05, 0) is 31.7 Å². The maximum atomic E-state index is 11.4. The second-order valence-electron chi connectivity index (χ2n) is 4.65. The van der Waals surface area contributed by atoms with E-state index in [0.29, 0.717) is 25.7 Å². The van der Waals surface area contributed by atoms with Crippen molar-refractivity contribution >= 4 is 11.8 Å². The molecule has 0 aliphatic heterocycles. The lowest BCUT2D eigenvalue weighted by atomic mass is 9.93. The van der Waals surface area contributed by atoms with Crippen molar-refractivity contribution in [1.82, 2.24) is 0 Å². The summed E-state index contributed by atoms with van der Waals surface area (Å²) in [6, 6.07) is 8.00. The van der Waals surface area contributed by atoms with Gasteiger partial charge in [0.05, 0.1) is 0 Å². The van der Waals surface area contributed by atoms with Crippen LogP contribution in [0.4, 0.5) is 0 Å². The van der Waals surface area contributed by atoms with Crippen molar-refractivity contribution in [1.29, 1.82) is 0 Å². The molecule has 18 heavy (non-hydrogen) atoms. The van der Waals surface area contributed by atoms with Crippen molar-refractivity contribution in [3.8, 4) is 0 Å². The molecule has 0 heterocycles. The minimum atomic E-state index is -0.339. The Morgan fingerprint density at radius 3 is 2.56 bits per heavy atom. The van der Waals surface area contributed by atoms with Gasteiger partial charge in [0.1, 0.15) is 0 Å². The van der Waals surface area contributed by atoms with E-state index in [0.717, 1.165) is 11.1 Å². The predicted octanol–water partition coefficient (Wildman–Crippen LogP) is 1.29. The number of nitrogens with two attached hydrogens (primary N) is 2. The molecule has 4 nitrogen and oxygen atoms in total. The maximum absolute atomic E-state index is 11.4. The van der Waals surface area contributed by atoms with Gasteiger partial charge in [-0.15, -0.1) is 0 Å². The third-order valence-corrected chi connectivity index (χ3v) is 2.94. The molecule has 1 unspecified atom stereocenters. The lowest BCUT2D eigenvalue weighted by Gasteiger charge is -2.13. The Morgan fingerprint density at radius 1 is 1.28 bits per heavy atom. The quantitative estimate of drug-likeness (QED) is 0.762. The number of hydrogen-bond donors (Lipinski definition) is 2. The molecule has 4 heteroatoms. The first-order valence-electron chi connectivity index (χ1n) is 6.12. The molecule has 4 N–H and O–H groups in total. The Balaban J connectivity index is 2.57. The summed E-state index contributed by atoms with van der Waals surface area (Å²) in [6.07, 6.45) is 2.13. The fourth-order valence-electron chi connectivity index (χ4n) is 1.99. The topological polar surface area (TPSA) is 86.2 Å². The van der Waals surface area contributed by atoms with Crippen LogP contribution in [0.1, 0.15) is 30.4 Å². The molecule has 0 aliphatic rings. The number of hydrogen-bond acceptors (Lipinski definition) is 2. The van der Waals surface area contributed by atoms with E-state index in [4.69, 9.17) is 11.5 Å². The number of carbonyl (C=O) groups is 2. The third kappa shape index (κ3) is 4.99. The van der Waals surface area contributed by atoms with Crippen LogP contribution < -0.4 is 11.5 Å². The second-order valence-corrected chi connectivity index (χ2v) is 4.65. The summed E-state index contributed by atoms with van der Waals surface area (Å²) in [5.41, 5.74) is 12.7. The standard InChI is InChI=1S/C14H20N2O2/c1-10-4-2-5-11(8-10)9-12(14(16)18)6-3-7-13(15)17/h2,4-5,8,12H,3,6-7,9H2,1H3,(H2,15,17)(H2,16,18). The van der Waals surface area contributed by atoms with Gasteiger partial charge < -0.3 is 11.5 Å². The van der Waals surface area contributed by atoms with Crippen LogP contribution in [0.15, 0.2) is 24.3 Å². The largest absolute Gasteiger partial charge is 0.370 e. The Kier molecular flexibility index (Phi) is 5.36. The summed E-state index contributed by atoms with van der Waals surface area (Å²) in [4.78, 5) is 22.0. The van der Waals surface area contributed by atoms with Crippen molar-refractivity contribution < 1.29 is 9.59 Å². The van der Waals surface area contributed by atoms with Gasteiger partial charge in [0.2, 0.25) is 11.8 Å². The molecule has 0 saturated heterocycles. The zero-order valence-electron chi connectivity index (χ0n) is 10.7. The molecule has 98 valence electrons. The van der Waals surface area contributed by atoms with Crippen molar-refractivity contribution in [2.45, 2.75) is 32.6 Å². The molecule has 0 fully saturated rings. The fourth-order valence-corrected chi connectivity index (χ4v) is 1.99. The van der Waals surface area contributed by atoms with Crippen LogP contribution in [0.25, 0.3) is 0 Å². The number of carbonyl (C=O) groups excluding carboxylic acids is 2. The number of rotatable bonds is 7. The molecule has 0 bridgehead atoms. The van der Waals surface area contributed by atoms with Gasteiger partial charge in [0.15, 0.2) is 0 Å². The van der Waals surface area contributed by atoms with Crippen molar-refractivity contribution in [3.63, 3.8) is 0 Å². The fraction of sp³-hybridized carbons (Fsp3) is 0.429. The Hall–Kier alpha value is -1.84. The van der Waals surface area contributed by atoms with Crippen LogP contribution in [-0.4, -0.2) is 11.8 Å². The minimum absolute atomic E-state index is 0.230. The number of primary amides is 2. The normalized spacial score (nSPS) is 12.1. The van der Waals surface area contributed by atoms with E-state index in [-0.39, 0.29) is 17.7 Å². The van der Waals surface area contributed by atoms with E-state index in [1.54, 1.807) is 0 Å². The molecule has 2 amide bonds. The average molecular weight is 248 g/mol. The van der Waals surface area contributed by atoms with E-state index in [2.05, 4.69) is 0 Å². The highest BCUT2D eigenvalue weighted by molar-refractivity contribution is 5.77. The SMILES string of the molecule is Cc1cccc(CC(CCCC(N)=O)C(N)=O)c1. The van der Waals surface area contributed by atoms with Gasteiger partial charge in [0.25, 0.3) is 0 Å². The zero-order valence-corrected chi connectivity index (χ0v) is 10.7. The lowest BCUT2D eigenvalue weighted by Crippen LogP contribution is -2.25. The van der Waals surface area contributed by atoms with Crippen molar-refractivity contribution in [3.05, 3.63) is 35.4 Å². The first kappa shape index (κ1) is 14.2. The molecular formula is C14H20N2O2.